The van der Waals surface area contributed by atoms with E-state index in [1.165, 1.54) is 0 Å². The maximum Gasteiger partial charge on any atom is 0.132 e. The van der Waals surface area contributed by atoms with Crippen LogP contribution in [0, 0.1) is 0 Å². The summed E-state index contributed by atoms with van der Waals surface area (Å²) in [6.07, 6.45) is 11.7. The summed E-state index contributed by atoms with van der Waals surface area (Å²) in [7, 11) is 0. The van der Waals surface area contributed by atoms with Gasteiger partial charge in [-0.05, 0) is 62.8 Å². The molecule has 0 fully saturated rings. The van der Waals surface area contributed by atoms with Crippen molar-refractivity contribution in [2.75, 3.05) is 0 Å². The fourth-order valence-electron chi connectivity index (χ4n) is 3.01. The van der Waals surface area contributed by atoms with E-state index in [0.29, 0.717) is 18.6 Å². The highest BCUT2D eigenvalue weighted by Crippen LogP contribution is 2.22. The number of para-hydroxylation sites is 2. The Balaban J connectivity index is 1.74. The van der Waals surface area contributed by atoms with E-state index in [-0.39, 0.29) is 0 Å². The number of rotatable bonds is 12. The van der Waals surface area contributed by atoms with Gasteiger partial charge in [-0.15, -0.1) is 0 Å². The monoisotopic (exact) mass is 378 g/mol. The van der Waals surface area contributed by atoms with Gasteiger partial charge in [-0.2, -0.15) is 0 Å². The lowest BCUT2D eigenvalue weighted by molar-refractivity contribution is -0.119. The normalized spacial score (nSPS) is 11.2. The molecule has 2 aromatic carbocycles. The number of carbonyl (C=O) groups excluding carboxylic acids is 1. The number of carbonyl (C=O) groups is 1. The minimum absolute atomic E-state index is 0.318. The van der Waals surface area contributed by atoms with Crippen molar-refractivity contribution in [1.82, 2.24) is 0 Å². The number of Topliss-reactive ketones (excluding diaryl/α,β-unsaturated/α-hetero) is 1. The van der Waals surface area contributed by atoms with Crippen LogP contribution < -0.4 is 9.47 Å². The van der Waals surface area contributed by atoms with Crippen molar-refractivity contribution in [3.05, 3.63) is 84.3 Å². The number of allylic oxidation sites excluding steroid dienone is 2. The first-order valence-electron chi connectivity index (χ1n) is 9.97. The standard InChI is InChI=1S/C25H30O3/c1-3-19-27-24-17-7-5-11-21(24)13-9-15-23(26)16-10-14-22-12-6-8-18-25(22)28-20-4-2/h3-8,11-12,17-20H,9-10,13-16H2,1-2H3. The van der Waals surface area contributed by atoms with Gasteiger partial charge in [-0.1, -0.05) is 48.6 Å². The van der Waals surface area contributed by atoms with E-state index in [2.05, 4.69) is 12.1 Å². The summed E-state index contributed by atoms with van der Waals surface area (Å²) < 4.78 is 11.2. The van der Waals surface area contributed by atoms with E-state index in [0.717, 1.165) is 48.3 Å². The smallest absolute Gasteiger partial charge is 0.132 e. The van der Waals surface area contributed by atoms with E-state index < -0.39 is 0 Å². The molecule has 0 saturated heterocycles. The summed E-state index contributed by atoms with van der Waals surface area (Å²) in [5.41, 5.74) is 2.28. The Kier molecular flexibility index (Phi) is 9.64. The van der Waals surface area contributed by atoms with Crippen LogP contribution in [0.1, 0.15) is 50.7 Å². The van der Waals surface area contributed by atoms with Gasteiger partial charge >= 0.3 is 0 Å². The van der Waals surface area contributed by atoms with E-state index >= 15 is 0 Å². The Morgan fingerprint density at radius 3 is 1.61 bits per heavy atom. The predicted octanol–water partition coefficient (Wildman–Crippen LogP) is 6.43. The number of hydrogen-bond acceptors (Lipinski definition) is 3. The van der Waals surface area contributed by atoms with E-state index in [9.17, 15) is 4.79 Å². The topological polar surface area (TPSA) is 35.5 Å². The molecule has 0 aliphatic heterocycles. The second-order valence-corrected chi connectivity index (χ2v) is 6.64. The molecule has 0 atom stereocenters. The van der Waals surface area contributed by atoms with Gasteiger partial charge < -0.3 is 9.47 Å². The van der Waals surface area contributed by atoms with Crippen LogP contribution in [-0.2, 0) is 17.6 Å². The molecule has 2 aromatic rings. The molecular formula is C25H30O3. The van der Waals surface area contributed by atoms with Gasteiger partial charge in [0.2, 0.25) is 0 Å². The van der Waals surface area contributed by atoms with Gasteiger partial charge in [-0.25, -0.2) is 0 Å². The molecule has 0 N–H and O–H groups in total. The van der Waals surface area contributed by atoms with Gasteiger partial charge in [0, 0.05) is 12.8 Å². The zero-order valence-corrected chi connectivity index (χ0v) is 16.9. The summed E-state index contributed by atoms with van der Waals surface area (Å²) in [5, 5.41) is 0. The minimum atomic E-state index is 0.318. The fourth-order valence-corrected chi connectivity index (χ4v) is 3.01. The van der Waals surface area contributed by atoms with Crippen molar-refractivity contribution in [2.24, 2.45) is 0 Å². The van der Waals surface area contributed by atoms with Gasteiger partial charge in [0.05, 0.1) is 12.5 Å². The van der Waals surface area contributed by atoms with Crippen molar-refractivity contribution in [3.8, 4) is 11.5 Å². The van der Waals surface area contributed by atoms with Crippen LogP contribution in [0.3, 0.4) is 0 Å². The maximum absolute atomic E-state index is 12.3. The van der Waals surface area contributed by atoms with Crippen molar-refractivity contribution < 1.29 is 14.3 Å². The van der Waals surface area contributed by atoms with Crippen LogP contribution in [0.25, 0.3) is 0 Å². The van der Waals surface area contributed by atoms with E-state index in [1.54, 1.807) is 12.5 Å². The molecule has 0 aliphatic carbocycles. The number of benzene rings is 2. The fraction of sp³-hybridized carbons (Fsp3) is 0.320. The Labute approximate surface area is 168 Å². The van der Waals surface area contributed by atoms with Crippen LogP contribution in [0.5, 0.6) is 11.5 Å². The molecule has 0 spiro atoms. The molecule has 0 heterocycles. The molecule has 2 rings (SSSR count). The predicted molar refractivity (Wildman–Crippen MR) is 115 cm³/mol. The maximum atomic E-state index is 12.3. The summed E-state index contributed by atoms with van der Waals surface area (Å²) >= 11 is 0. The molecule has 28 heavy (non-hydrogen) atoms. The molecule has 3 nitrogen and oxygen atoms in total. The summed E-state index contributed by atoms with van der Waals surface area (Å²) in [5.74, 6) is 2.05. The van der Waals surface area contributed by atoms with Crippen molar-refractivity contribution in [1.29, 1.82) is 0 Å². The number of aryl methyl sites for hydroxylation is 2. The third-order valence-electron chi connectivity index (χ3n) is 4.41. The molecule has 0 aliphatic rings. The van der Waals surface area contributed by atoms with Gasteiger partial charge in [-0.3, -0.25) is 4.79 Å². The lowest BCUT2D eigenvalue weighted by Crippen LogP contribution is -2.01. The Morgan fingerprint density at radius 2 is 1.18 bits per heavy atom. The Morgan fingerprint density at radius 1 is 0.750 bits per heavy atom. The van der Waals surface area contributed by atoms with E-state index in [4.69, 9.17) is 9.47 Å². The zero-order valence-electron chi connectivity index (χ0n) is 16.9. The average molecular weight is 379 g/mol. The van der Waals surface area contributed by atoms with Crippen LogP contribution in [0.2, 0.25) is 0 Å². The first-order chi connectivity index (χ1) is 13.7. The highest BCUT2D eigenvalue weighted by Gasteiger charge is 2.07. The summed E-state index contributed by atoms with van der Waals surface area (Å²) in [6.45, 7) is 3.85. The largest absolute Gasteiger partial charge is 0.465 e. The Bertz CT molecular complexity index is 724. The lowest BCUT2D eigenvalue weighted by atomic mass is 10.0. The number of hydrogen-bond donors (Lipinski definition) is 0. The lowest BCUT2D eigenvalue weighted by Gasteiger charge is -2.09. The van der Waals surface area contributed by atoms with Crippen molar-refractivity contribution in [2.45, 2.75) is 52.4 Å². The second-order valence-electron chi connectivity index (χ2n) is 6.64. The zero-order chi connectivity index (χ0) is 20.0. The van der Waals surface area contributed by atoms with Crippen LogP contribution in [0.15, 0.2) is 73.2 Å². The first kappa shape index (κ1) is 21.5. The number of ketones is 1. The third kappa shape index (κ3) is 7.43. The van der Waals surface area contributed by atoms with E-state index in [1.807, 2.05) is 62.4 Å². The van der Waals surface area contributed by atoms with Gasteiger partial charge in [0.1, 0.15) is 17.3 Å². The number of ether oxygens (including phenoxy) is 2. The highest BCUT2D eigenvalue weighted by molar-refractivity contribution is 5.78. The van der Waals surface area contributed by atoms with Gasteiger partial charge in [0.15, 0.2) is 0 Å². The molecule has 148 valence electrons. The average Bonchev–Trinajstić information content (AvgIpc) is 2.72. The second kappa shape index (κ2) is 12.6. The molecular weight excluding hydrogens is 348 g/mol. The molecule has 0 aromatic heterocycles. The van der Waals surface area contributed by atoms with Gasteiger partial charge in [0.25, 0.3) is 0 Å². The third-order valence-corrected chi connectivity index (χ3v) is 4.41. The molecule has 0 amide bonds. The molecule has 3 heteroatoms. The summed E-state index contributed by atoms with van der Waals surface area (Å²) in [4.78, 5) is 12.3. The van der Waals surface area contributed by atoms with Crippen LogP contribution in [0.4, 0.5) is 0 Å². The quantitative estimate of drug-likeness (QED) is 0.399. The van der Waals surface area contributed by atoms with Crippen LogP contribution >= 0.6 is 0 Å². The van der Waals surface area contributed by atoms with Crippen molar-refractivity contribution >= 4 is 5.78 Å². The van der Waals surface area contributed by atoms with Crippen LogP contribution in [-0.4, -0.2) is 5.78 Å². The SMILES string of the molecule is CC=COc1ccccc1CCCC(=O)CCCc1ccccc1OC=CC. The minimum Gasteiger partial charge on any atom is -0.465 e. The first-order valence-corrected chi connectivity index (χ1v) is 9.97. The Hall–Kier alpha value is -2.81. The molecule has 0 bridgehead atoms. The molecule has 0 radical (unpaired) electrons. The molecule has 0 saturated carbocycles. The summed E-state index contributed by atoms with van der Waals surface area (Å²) in [6, 6.07) is 16.0. The van der Waals surface area contributed by atoms with Crippen molar-refractivity contribution in [3.63, 3.8) is 0 Å². The molecule has 0 unspecified atom stereocenters. The highest BCUT2D eigenvalue weighted by atomic mass is 16.5.